The monoisotopic (exact) mass is 192 g/mol. The van der Waals surface area contributed by atoms with Gasteiger partial charge in [-0.3, -0.25) is 0 Å². The van der Waals surface area contributed by atoms with Crippen molar-refractivity contribution in [1.82, 2.24) is 15.0 Å². The van der Waals surface area contributed by atoms with Crippen molar-refractivity contribution < 1.29 is 0 Å². The van der Waals surface area contributed by atoms with E-state index < -0.39 is 0 Å². The van der Waals surface area contributed by atoms with E-state index in [-0.39, 0.29) is 0 Å². The van der Waals surface area contributed by atoms with Crippen LogP contribution in [0.4, 0.5) is 0 Å². The van der Waals surface area contributed by atoms with E-state index in [1.807, 2.05) is 6.07 Å². The molecule has 2 heterocycles. The van der Waals surface area contributed by atoms with Gasteiger partial charge in [0.2, 0.25) is 0 Å². The van der Waals surface area contributed by atoms with Gasteiger partial charge in [0.05, 0.1) is 0 Å². The molecular formula is C8H8N4S. The number of hydrogen-bond donors (Lipinski definition) is 1. The summed E-state index contributed by atoms with van der Waals surface area (Å²) in [4.78, 5) is 13.2. The van der Waals surface area contributed by atoms with Crippen molar-refractivity contribution >= 4 is 11.3 Å². The molecule has 0 aromatic carbocycles. The summed E-state index contributed by atoms with van der Waals surface area (Å²) in [5, 5.41) is 0.892. The topological polar surface area (TPSA) is 64.7 Å². The van der Waals surface area contributed by atoms with Gasteiger partial charge in [0.1, 0.15) is 17.0 Å². The number of hydrogen-bond acceptors (Lipinski definition) is 5. The molecule has 5 heteroatoms. The van der Waals surface area contributed by atoms with Gasteiger partial charge in [-0.2, -0.15) is 0 Å². The summed E-state index contributed by atoms with van der Waals surface area (Å²) in [5.41, 5.74) is 6.33. The average Bonchev–Trinajstić information content (AvgIpc) is 2.67. The lowest BCUT2D eigenvalue weighted by Gasteiger charge is -1.91. The summed E-state index contributed by atoms with van der Waals surface area (Å²) in [5.74, 6) is 0. The van der Waals surface area contributed by atoms with E-state index in [0.29, 0.717) is 6.54 Å². The standard InChI is InChI=1S/C8H8N4S/c9-3-6-4-11-8(13-6)7-1-2-10-5-12-7/h1-2,4-5H,3,9H2. The van der Waals surface area contributed by atoms with E-state index in [4.69, 9.17) is 5.73 Å². The fourth-order valence-electron chi connectivity index (χ4n) is 0.937. The maximum absolute atomic E-state index is 5.48. The average molecular weight is 192 g/mol. The van der Waals surface area contributed by atoms with E-state index in [0.717, 1.165) is 15.6 Å². The van der Waals surface area contributed by atoms with E-state index in [1.165, 1.54) is 6.33 Å². The maximum atomic E-state index is 5.48. The zero-order chi connectivity index (χ0) is 9.10. The molecule has 0 aliphatic rings. The summed E-state index contributed by atoms with van der Waals surface area (Å²) in [6.45, 7) is 0.531. The zero-order valence-electron chi connectivity index (χ0n) is 6.84. The Hall–Kier alpha value is -1.33. The molecule has 0 saturated heterocycles. The lowest BCUT2D eigenvalue weighted by Crippen LogP contribution is -1.91. The summed E-state index contributed by atoms with van der Waals surface area (Å²) < 4.78 is 0. The van der Waals surface area contributed by atoms with Gasteiger partial charge in [-0.05, 0) is 6.07 Å². The van der Waals surface area contributed by atoms with Crippen molar-refractivity contribution in [3.63, 3.8) is 0 Å². The third-order valence-corrected chi connectivity index (χ3v) is 2.60. The second-order valence-corrected chi connectivity index (χ2v) is 3.55. The molecular weight excluding hydrogens is 184 g/mol. The zero-order valence-corrected chi connectivity index (χ0v) is 7.66. The van der Waals surface area contributed by atoms with Crippen LogP contribution in [0.1, 0.15) is 4.88 Å². The molecule has 0 aliphatic carbocycles. The third-order valence-electron chi connectivity index (χ3n) is 1.56. The van der Waals surface area contributed by atoms with Gasteiger partial charge in [0.25, 0.3) is 0 Å². The first-order valence-corrected chi connectivity index (χ1v) is 4.63. The molecule has 0 fully saturated rings. The maximum Gasteiger partial charge on any atom is 0.142 e. The Morgan fingerprint density at radius 3 is 2.92 bits per heavy atom. The first-order chi connectivity index (χ1) is 6.40. The van der Waals surface area contributed by atoms with Crippen LogP contribution < -0.4 is 5.73 Å². The molecule has 0 amide bonds. The van der Waals surface area contributed by atoms with Gasteiger partial charge in [-0.25, -0.2) is 15.0 Å². The molecule has 0 bridgehead atoms. The van der Waals surface area contributed by atoms with Crippen LogP contribution in [0.2, 0.25) is 0 Å². The minimum absolute atomic E-state index is 0.531. The Bertz CT molecular complexity index is 384. The molecule has 0 aliphatic heterocycles. The minimum Gasteiger partial charge on any atom is -0.326 e. The predicted molar refractivity (Wildman–Crippen MR) is 51.0 cm³/mol. The van der Waals surface area contributed by atoms with Crippen molar-refractivity contribution in [3.05, 3.63) is 29.7 Å². The molecule has 2 rings (SSSR count). The summed E-state index contributed by atoms with van der Waals surface area (Å²) >= 11 is 1.56. The summed E-state index contributed by atoms with van der Waals surface area (Å²) in [6, 6.07) is 1.83. The predicted octanol–water partition coefficient (Wildman–Crippen LogP) is 1.06. The lowest BCUT2D eigenvalue weighted by molar-refractivity contribution is 1.09. The van der Waals surface area contributed by atoms with E-state index in [9.17, 15) is 0 Å². The molecule has 13 heavy (non-hydrogen) atoms. The number of nitrogens with two attached hydrogens (primary N) is 1. The van der Waals surface area contributed by atoms with Crippen LogP contribution >= 0.6 is 11.3 Å². The molecule has 0 radical (unpaired) electrons. The van der Waals surface area contributed by atoms with Crippen molar-refractivity contribution in [2.24, 2.45) is 5.73 Å². The molecule has 2 N–H and O–H groups in total. The van der Waals surface area contributed by atoms with Crippen LogP contribution in [0.3, 0.4) is 0 Å². The lowest BCUT2D eigenvalue weighted by atomic mass is 10.4. The van der Waals surface area contributed by atoms with Crippen molar-refractivity contribution in [3.8, 4) is 10.7 Å². The fourth-order valence-corrected chi connectivity index (χ4v) is 1.71. The molecule has 2 aromatic rings. The normalized spacial score (nSPS) is 10.2. The van der Waals surface area contributed by atoms with E-state index in [2.05, 4.69) is 15.0 Å². The van der Waals surface area contributed by atoms with E-state index in [1.54, 1.807) is 23.7 Å². The fraction of sp³-hybridized carbons (Fsp3) is 0.125. The second-order valence-electron chi connectivity index (χ2n) is 2.43. The van der Waals surface area contributed by atoms with Crippen LogP contribution in [0.25, 0.3) is 10.7 Å². The Morgan fingerprint density at radius 2 is 2.31 bits per heavy atom. The highest BCUT2D eigenvalue weighted by Crippen LogP contribution is 2.21. The summed E-state index contributed by atoms with van der Waals surface area (Å²) in [7, 11) is 0. The molecule has 0 spiro atoms. The Balaban J connectivity index is 2.36. The molecule has 4 nitrogen and oxygen atoms in total. The smallest absolute Gasteiger partial charge is 0.142 e. The van der Waals surface area contributed by atoms with Crippen LogP contribution in [-0.2, 0) is 6.54 Å². The Morgan fingerprint density at radius 1 is 1.38 bits per heavy atom. The largest absolute Gasteiger partial charge is 0.326 e. The second kappa shape index (κ2) is 3.59. The highest BCUT2D eigenvalue weighted by Gasteiger charge is 2.03. The van der Waals surface area contributed by atoms with E-state index >= 15 is 0 Å². The van der Waals surface area contributed by atoms with Crippen LogP contribution in [0.15, 0.2) is 24.8 Å². The number of thiazole rings is 1. The SMILES string of the molecule is NCc1cnc(-c2ccncn2)s1. The number of nitrogens with zero attached hydrogens (tertiary/aromatic N) is 3. The van der Waals surface area contributed by atoms with Gasteiger partial charge < -0.3 is 5.73 Å². The number of aromatic nitrogens is 3. The third kappa shape index (κ3) is 1.71. The Labute approximate surface area is 79.5 Å². The summed E-state index contributed by atoms with van der Waals surface area (Å²) in [6.07, 6.45) is 4.99. The van der Waals surface area contributed by atoms with Crippen molar-refractivity contribution in [2.75, 3.05) is 0 Å². The van der Waals surface area contributed by atoms with Gasteiger partial charge in [0, 0.05) is 23.8 Å². The van der Waals surface area contributed by atoms with Crippen molar-refractivity contribution in [2.45, 2.75) is 6.54 Å². The Kier molecular flexibility index (Phi) is 2.29. The quantitative estimate of drug-likeness (QED) is 0.772. The number of rotatable bonds is 2. The van der Waals surface area contributed by atoms with Crippen molar-refractivity contribution in [1.29, 1.82) is 0 Å². The minimum atomic E-state index is 0.531. The van der Waals surface area contributed by atoms with Gasteiger partial charge in [-0.15, -0.1) is 11.3 Å². The first-order valence-electron chi connectivity index (χ1n) is 3.81. The van der Waals surface area contributed by atoms with Crippen LogP contribution in [-0.4, -0.2) is 15.0 Å². The highest BCUT2D eigenvalue weighted by molar-refractivity contribution is 7.14. The van der Waals surface area contributed by atoms with Crippen LogP contribution in [0.5, 0.6) is 0 Å². The highest BCUT2D eigenvalue weighted by atomic mass is 32.1. The van der Waals surface area contributed by atoms with Gasteiger partial charge >= 0.3 is 0 Å². The molecule has 0 unspecified atom stereocenters. The van der Waals surface area contributed by atoms with Gasteiger partial charge in [0.15, 0.2) is 0 Å². The first kappa shape index (κ1) is 8.28. The molecule has 0 saturated carbocycles. The van der Waals surface area contributed by atoms with Crippen LogP contribution in [0, 0.1) is 0 Å². The molecule has 66 valence electrons. The molecule has 2 aromatic heterocycles. The van der Waals surface area contributed by atoms with Gasteiger partial charge in [-0.1, -0.05) is 0 Å². The molecule has 0 atom stereocenters.